The minimum absolute atomic E-state index is 0.0126. The van der Waals surface area contributed by atoms with Gasteiger partial charge in [-0.15, -0.1) is 11.3 Å². The molecule has 3 aromatic rings. The van der Waals surface area contributed by atoms with Gasteiger partial charge in [0.15, 0.2) is 0 Å². The van der Waals surface area contributed by atoms with Crippen molar-refractivity contribution in [2.75, 3.05) is 37.6 Å². The van der Waals surface area contributed by atoms with E-state index in [4.69, 9.17) is 23.2 Å². The topological polar surface area (TPSA) is 65.5 Å². The zero-order chi connectivity index (χ0) is 22.5. The van der Waals surface area contributed by atoms with Crippen LogP contribution in [0.4, 0.5) is 5.69 Å². The number of hydrogen-bond acceptors (Lipinski definition) is 5. The Bertz CT molecular complexity index is 1100. The first kappa shape index (κ1) is 22.6. The van der Waals surface area contributed by atoms with E-state index in [1.165, 1.54) is 11.3 Å². The Morgan fingerprint density at radius 2 is 1.72 bits per heavy atom. The molecule has 2 amide bonds. The molecule has 0 bridgehead atoms. The molecule has 1 aromatic heterocycles. The van der Waals surface area contributed by atoms with Crippen molar-refractivity contribution in [1.29, 1.82) is 0 Å². The van der Waals surface area contributed by atoms with Crippen molar-refractivity contribution < 1.29 is 9.59 Å². The number of halogens is 2. The third-order valence-electron chi connectivity index (χ3n) is 5.26. The number of carbonyl (C=O) groups is 2. The molecule has 1 saturated heterocycles. The van der Waals surface area contributed by atoms with Gasteiger partial charge in [-0.25, -0.2) is 4.98 Å². The van der Waals surface area contributed by atoms with Crippen molar-refractivity contribution >= 4 is 52.0 Å². The lowest BCUT2D eigenvalue weighted by Crippen LogP contribution is -2.51. The summed E-state index contributed by atoms with van der Waals surface area (Å²) in [6, 6.07) is 15.2. The van der Waals surface area contributed by atoms with Crippen molar-refractivity contribution in [2.45, 2.75) is 6.42 Å². The van der Waals surface area contributed by atoms with Gasteiger partial charge >= 0.3 is 0 Å². The molecule has 0 atom stereocenters. The molecule has 0 radical (unpaired) electrons. The molecular formula is C23H22Cl2N4O2S. The molecular weight excluding hydrogens is 467 g/mol. The predicted molar refractivity (Wildman–Crippen MR) is 130 cm³/mol. The van der Waals surface area contributed by atoms with E-state index >= 15 is 0 Å². The third kappa shape index (κ3) is 5.59. The van der Waals surface area contributed by atoms with Crippen molar-refractivity contribution in [3.63, 3.8) is 0 Å². The zero-order valence-corrected chi connectivity index (χ0v) is 19.6. The van der Waals surface area contributed by atoms with Crippen molar-refractivity contribution in [1.82, 2.24) is 15.2 Å². The number of piperazine rings is 1. The molecule has 1 N–H and O–H groups in total. The molecule has 166 valence electrons. The zero-order valence-electron chi connectivity index (χ0n) is 17.3. The number of amides is 2. The fourth-order valence-corrected chi connectivity index (χ4v) is 4.79. The predicted octanol–water partition coefficient (Wildman–Crippen LogP) is 4.12. The standard InChI is InChI=1S/C23H22Cl2N4O2S/c24-16-5-7-18(8-6-16)28-9-11-29(12-10-28)22(31)14-26-21(30)13-17-15-32-23(27-17)19-3-1-2-4-20(19)25/h1-8,15H,9-14H2,(H,26,30). The largest absolute Gasteiger partial charge is 0.368 e. The Morgan fingerprint density at radius 1 is 1.00 bits per heavy atom. The number of hydrogen-bond donors (Lipinski definition) is 1. The number of aromatic nitrogens is 1. The van der Waals surface area contributed by atoms with Crippen molar-refractivity contribution in [2.24, 2.45) is 0 Å². The van der Waals surface area contributed by atoms with Gasteiger partial charge in [0, 0.05) is 47.8 Å². The van der Waals surface area contributed by atoms with Gasteiger partial charge in [-0.05, 0) is 30.3 Å². The number of thiazole rings is 1. The molecule has 0 unspecified atom stereocenters. The normalized spacial score (nSPS) is 13.8. The molecule has 0 spiro atoms. The van der Waals surface area contributed by atoms with Crippen LogP contribution in [0.25, 0.3) is 10.6 Å². The molecule has 0 saturated carbocycles. The van der Waals surface area contributed by atoms with Gasteiger partial charge in [0.25, 0.3) is 0 Å². The Hall–Kier alpha value is -2.61. The van der Waals surface area contributed by atoms with Gasteiger partial charge in [-0.2, -0.15) is 0 Å². The van der Waals surface area contributed by atoms with Gasteiger partial charge in [-0.1, -0.05) is 41.4 Å². The van der Waals surface area contributed by atoms with Gasteiger partial charge in [0.1, 0.15) is 5.01 Å². The molecule has 2 aromatic carbocycles. The SMILES string of the molecule is O=C(Cc1csc(-c2ccccc2Cl)n1)NCC(=O)N1CCN(c2ccc(Cl)cc2)CC1. The first-order chi connectivity index (χ1) is 15.5. The summed E-state index contributed by atoms with van der Waals surface area (Å²) in [6.45, 7) is 2.70. The highest BCUT2D eigenvalue weighted by atomic mass is 35.5. The summed E-state index contributed by atoms with van der Waals surface area (Å²) in [5, 5.41) is 6.66. The van der Waals surface area contributed by atoms with Crippen LogP contribution in [0.1, 0.15) is 5.69 Å². The smallest absolute Gasteiger partial charge is 0.242 e. The van der Waals surface area contributed by atoms with E-state index in [-0.39, 0.29) is 24.8 Å². The summed E-state index contributed by atoms with van der Waals surface area (Å²) < 4.78 is 0. The summed E-state index contributed by atoms with van der Waals surface area (Å²) in [5.41, 5.74) is 2.60. The van der Waals surface area contributed by atoms with E-state index in [0.717, 1.165) is 29.3 Å². The van der Waals surface area contributed by atoms with Gasteiger partial charge in [0.2, 0.25) is 11.8 Å². The van der Waals surface area contributed by atoms with E-state index in [1.807, 2.05) is 53.9 Å². The van der Waals surface area contributed by atoms with E-state index < -0.39 is 0 Å². The highest BCUT2D eigenvalue weighted by Gasteiger charge is 2.21. The summed E-state index contributed by atoms with van der Waals surface area (Å²) >= 11 is 13.6. The van der Waals surface area contributed by atoms with Crippen LogP contribution in [0.15, 0.2) is 53.9 Å². The summed E-state index contributed by atoms with van der Waals surface area (Å²) in [7, 11) is 0. The number of rotatable bonds is 6. The van der Waals surface area contributed by atoms with Crippen LogP contribution < -0.4 is 10.2 Å². The minimum Gasteiger partial charge on any atom is -0.368 e. The van der Waals surface area contributed by atoms with E-state index in [1.54, 1.807) is 4.90 Å². The highest BCUT2D eigenvalue weighted by molar-refractivity contribution is 7.13. The van der Waals surface area contributed by atoms with Crippen LogP contribution >= 0.6 is 34.5 Å². The molecule has 0 aliphatic carbocycles. The number of carbonyl (C=O) groups excluding carboxylic acids is 2. The van der Waals surface area contributed by atoms with Crippen LogP contribution in [0.3, 0.4) is 0 Å². The third-order valence-corrected chi connectivity index (χ3v) is 6.76. The van der Waals surface area contributed by atoms with Crippen LogP contribution in [0, 0.1) is 0 Å². The molecule has 6 nitrogen and oxygen atoms in total. The van der Waals surface area contributed by atoms with E-state index in [0.29, 0.717) is 28.8 Å². The lowest BCUT2D eigenvalue weighted by Gasteiger charge is -2.36. The lowest BCUT2D eigenvalue weighted by atomic mass is 10.2. The Kier molecular flexibility index (Phi) is 7.29. The van der Waals surface area contributed by atoms with E-state index in [2.05, 4.69) is 15.2 Å². The first-order valence-corrected chi connectivity index (χ1v) is 11.9. The number of benzene rings is 2. The fourth-order valence-electron chi connectivity index (χ4n) is 3.53. The number of nitrogens with one attached hydrogen (secondary N) is 1. The van der Waals surface area contributed by atoms with Gasteiger partial charge in [0.05, 0.1) is 23.7 Å². The van der Waals surface area contributed by atoms with Gasteiger partial charge < -0.3 is 15.1 Å². The molecule has 1 aliphatic heterocycles. The Balaban J connectivity index is 1.23. The second-order valence-corrected chi connectivity index (χ2v) is 9.12. The molecule has 32 heavy (non-hydrogen) atoms. The van der Waals surface area contributed by atoms with Crippen LogP contribution in [-0.2, 0) is 16.0 Å². The van der Waals surface area contributed by atoms with Crippen LogP contribution in [0.2, 0.25) is 10.0 Å². The average molecular weight is 489 g/mol. The highest BCUT2D eigenvalue weighted by Crippen LogP contribution is 2.30. The maximum absolute atomic E-state index is 12.5. The van der Waals surface area contributed by atoms with Crippen molar-refractivity contribution in [3.8, 4) is 10.6 Å². The maximum atomic E-state index is 12.5. The van der Waals surface area contributed by atoms with Gasteiger partial charge in [-0.3, -0.25) is 9.59 Å². The second-order valence-electron chi connectivity index (χ2n) is 7.42. The molecule has 1 fully saturated rings. The molecule has 4 rings (SSSR count). The van der Waals surface area contributed by atoms with Crippen molar-refractivity contribution in [3.05, 3.63) is 69.7 Å². The summed E-state index contributed by atoms with van der Waals surface area (Å²) in [4.78, 5) is 33.3. The average Bonchev–Trinajstić information content (AvgIpc) is 3.26. The van der Waals surface area contributed by atoms with Crippen LogP contribution in [0.5, 0.6) is 0 Å². The molecule has 2 heterocycles. The Morgan fingerprint density at radius 3 is 2.44 bits per heavy atom. The number of nitrogens with zero attached hydrogens (tertiary/aromatic N) is 3. The second kappa shape index (κ2) is 10.3. The molecule has 9 heteroatoms. The molecule has 1 aliphatic rings. The summed E-state index contributed by atoms with van der Waals surface area (Å²) in [6.07, 6.45) is 0.124. The first-order valence-electron chi connectivity index (χ1n) is 10.2. The Labute approximate surface area is 200 Å². The quantitative estimate of drug-likeness (QED) is 0.566. The lowest BCUT2D eigenvalue weighted by molar-refractivity contribution is -0.133. The minimum atomic E-state index is -0.228. The number of anilines is 1. The van der Waals surface area contributed by atoms with E-state index in [9.17, 15) is 9.59 Å². The monoisotopic (exact) mass is 488 g/mol. The maximum Gasteiger partial charge on any atom is 0.242 e. The fraction of sp³-hybridized carbons (Fsp3) is 0.261. The van der Waals surface area contributed by atoms with Crippen LogP contribution in [-0.4, -0.2) is 54.4 Å². The summed E-state index contributed by atoms with van der Waals surface area (Å²) in [5.74, 6) is -0.307.